The van der Waals surface area contributed by atoms with Gasteiger partial charge in [-0.1, -0.05) is 18.2 Å². The number of hydrogen-bond acceptors (Lipinski definition) is 5. The van der Waals surface area contributed by atoms with Crippen molar-refractivity contribution in [3.05, 3.63) is 78.6 Å². The van der Waals surface area contributed by atoms with Crippen molar-refractivity contribution in [3.8, 4) is 11.4 Å². The molecule has 0 amide bonds. The molecule has 0 aliphatic carbocycles. The SMILES string of the molecule is O=C(O)c1cccc(Nc2nc(-c3ccncc3)nc3ccccc23)c1. The Morgan fingerprint density at radius 1 is 0.923 bits per heavy atom. The highest BCUT2D eigenvalue weighted by Crippen LogP contribution is 2.27. The van der Waals surface area contributed by atoms with Gasteiger partial charge in [0.25, 0.3) is 0 Å². The van der Waals surface area contributed by atoms with Crippen LogP contribution in [0.3, 0.4) is 0 Å². The van der Waals surface area contributed by atoms with Gasteiger partial charge in [0.2, 0.25) is 0 Å². The second-order valence-electron chi connectivity index (χ2n) is 5.66. The van der Waals surface area contributed by atoms with Crippen molar-refractivity contribution in [1.82, 2.24) is 15.0 Å². The molecular weight excluding hydrogens is 328 g/mol. The minimum absolute atomic E-state index is 0.211. The van der Waals surface area contributed by atoms with E-state index >= 15 is 0 Å². The highest BCUT2D eigenvalue weighted by atomic mass is 16.4. The van der Waals surface area contributed by atoms with Crippen molar-refractivity contribution >= 4 is 28.4 Å². The number of carbonyl (C=O) groups is 1. The van der Waals surface area contributed by atoms with Gasteiger partial charge in [-0.05, 0) is 42.5 Å². The monoisotopic (exact) mass is 342 g/mol. The molecule has 0 saturated heterocycles. The van der Waals surface area contributed by atoms with Gasteiger partial charge in [-0.2, -0.15) is 0 Å². The van der Waals surface area contributed by atoms with Crippen LogP contribution < -0.4 is 5.32 Å². The van der Waals surface area contributed by atoms with Crippen molar-refractivity contribution in [3.63, 3.8) is 0 Å². The van der Waals surface area contributed by atoms with Gasteiger partial charge in [0.05, 0.1) is 11.1 Å². The number of pyridine rings is 1. The summed E-state index contributed by atoms with van der Waals surface area (Å²) in [5.41, 5.74) is 2.51. The largest absolute Gasteiger partial charge is 0.478 e. The van der Waals surface area contributed by atoms with Crippen LogP contribution in [-0.4, -0.2) is 26.0 Å². The average Bonchev–Trinajstić information content (AvgIpc) is 2.69. The molecule has 0 aliphatic rings. The van der Waals surface area contributed by atoms with E-state index in [1.54, 1.807) is 36.7 Å². The minimum Gasteiger partial charge on any atom is -0.478 e. The summed E-state index contributed by atoms with van der Waals surface area (Å²) < 4.78 is 0. The lowest BCUT2D eigenvalue weighted by Gasteiger charge is -2.11. The molecule has 4 rings (SSSR count). The first-order valence-electron chi connectivity index (χ1n) is 7.98. The van der Waals surface area contributed by atoms with Crippen LogP contribution in [0.4, 0.5) is 11.5 Å². The summed E-state index contributed by atoms with van der Waals surface area (Å²) >= 11 is 0. The minimum atomic E-state index is -0.973. The van der Waals surface area contributed by atoms with E-state index in [-0.39, 0.29) is 5.56 Å². The molecule has 0 unspecified atom stereocenters. The Balaban J connectivity index is 1.83. The zero-order valence-corrected chi connectivity index (χ0v) is 13.6. The van der Waals surface area contributed by atoms with E-state index in [1.807, 2.05) is 36.4 Å². The molecule has 26 heavy (non-hydrogen) atoms. The Hall–Kier alpha value is -3.80. The Morgan fingerprint density at radius 2 is 1.73 bits per heavy atom. The van der Waals surface area contributed by atoms with Crippen LogP contribution in [0.5, 0.6) is 0 Å². The highest BCUT2D eigenvalue weighted by molar-refractivity contribution is 5.93. The second kappa shape index (κ2) is 6.60. The van der Waals surface area contributed by atoms with Crippen LogP contribution in [0.1, 0.15) is 10.4 Å². The van der Waals surface area contributed by atoms with E-state index in [2.05, 4.69) is 20.3 Å². The third-order valence-electron chi connectivity index (χ3n) is 3.91. The number of para-hydroxylation sites is 1. The number of rotatable bonds is 4. The van der Waals surface area contributed by atoms with Crippen molar-refractivity contribution < 1.29 is 9.90 Å². The van der Waals surface area contributed by atoms with Crippen molar-refractivity contribution in [2.24, 2.45) is 0 Å². The molecule has 0 saturated carbocycles. The first-order valence-corrected chi connectivity index (χ1v) is 7.98. The molecule has 4 aromatic rings. The molecule has 2 aromatic carbocycles. The first kappa shape index (κ1) is 15.7. The number of carboxylic acid groups (broad SMARTS) is 1. The van der Waals surface area contributed by atoms with Crippen LogP contribution in [0.2, 0.25) is 0 Å². The molecule has 0 spiro atoms. The van der Waals surface area contributed by atoms with Crippen LogP contribution in [0, 0.1) is 0 Å². The molecule has 0 atom stereocenters. The fourth-order valence-electron chi connectivity index (χ4n) is 2.67. The zero-order chi connectivity index (χ0) is 17.9. The van der Waals surface area contributed by atoms with Crippen LogP contribution in [-0.2, 0) is 0 Å². The fourth-order valence-corrected chi connectivity index (χ4v) is 2.67. The molecule has 2 heterocycles. The summed E-state index contributed by atoms with van der Waals surface area (Å²) in [6.07, 6.45) is 3.38. The van der Waals surface area contributed by atoms with E-state index < -0.39 is 5.97 Å². The standard InChI is InChI=1S/C20H14N4O2/c25-20(26)14-4-3-5-15(12-14)22-19-16-6-1-2-7-17(16)23-18(24-19)13-8-10-21-11-9-13/h1-12H,(H,25,26)(H,22,23,24). The van der Waals surface area contributed by atoms with Crippen molar-refractivity contribution in [2.45, 2.75) is 0 Å². The molecule has 0 fully saturated rings. The highest BCUT2D eigenvalue weighted by Gasteiger charge is 2.10. The number of hydrogen-bond donors (Lipinski definition) is 2. The molecule has 6 heteroatoms. The molecular formula is C20H14N4O2. The number of benzene rings is 2. The number of carboxylic acids is 1. The smallest absolute Gasteiger partial charge is 0.335 e. The Kier molecular flexibility index (Phi) is 3.99. The molecule has 2 aromatic heterocycles. The van der Waals surface area contributed by atoms with Crippen molar-refractivity contribution in [2.75, 3.05) is 5.32 Å². The Bertz CT molecular complexity index is 1100. The van der Waals surface area contributed by atoms with E-state index in [4.69, 9.17) is 0 Å². The molecule has 0 aliphatic heterocycles. The molecule has 0 radical (unpaired) electrons. The van der Waals surface area contributed by atoms with Gasteiger partial charge in [-0.25, -0.2) is 14.8 Å². The maximum atomic E-state index is 11.2. The fraction of sp³-hybridized carbons (Fsp3) is 0. The van der Waals surface area contributed by atoms with Gasteiger partial charge in [-0.15, -0.1) is 0 Å². The first-order chi connectivity index (χ1) is 12.7. The molecule has 0 bridgehead atoms. The number of fused-ring (bicyclic) bond motifs is 1. The Labute approximate surface area is 149 Å². The number of aromatic nitrogens is 3. The average molecular weight is 342 g/mol. The molecule has 2 N–H and O–H groups in total. The summed E-state index contributed by atoms with van der Waals surface area (Å²) in [7, 11) is 0. The molecule has 126 valence electrons. The summed E-state index contributed by atoms with van der Waals surface area (Å²) in [5, 5.41) is 13.3. The lowest BCUT2D eigenvalue weighted by Crippen LogP contribution is -2.01. The maximum absolute atomic E-state index is 11.2. The van der Waals surface area contributed by atoms with E-state index in [0.717, 1.165) is 16.5 Å². The second-order valence-corrected chi connectivity index (χ2v) is 5.66. The van der Waals surface area contributed by atoms with Gasteiger partial charge in [0.1, 0.15) is 5.82 Å². The predicted molar refractivity (Wildman–Crippen MR) is 99.5 cm³/mol. The number of nitrogens with one attached hydrogen (secondary N) is 1. The van der Waals surface area contributed by atoms with Crippen LogP contribution in [0.15, 0.2) is 73.1 Å². The zero-order valence-electron chi connectivity index (χ0n) is 13.6. The Morgan fingerprint density at radius 3 is 2.54 bits per heavy atom. The van der Waals surface area contributed by atoms with Crippen molar-refractivity contribution in [1.29, 1.82) is 0 Å². The summed E-state index contributed by atoms with van der Waals surface area (Å²) in [6, 6.07) is 18.0. The lowest BCUT2D eigenvalue weighted by atomic mass is 10.2. The topological polar surface area (TPSA) is 88.0 Å². The van der Waals surface area contributed by atoms with Gasteiger partial charge in [-0.3, -0.25) is 4.98 Å². The molecule has 6 nitrogen and oxygen atoms in total. The summed E-state index contributed by atoms with van der Waals surface area (Å²) in [4.78, 5) is 24.5. The summed E-state index contributed by atoms with van der Waals surface area (Å²) in [6.45, 7) is 0. The van der Waals surface area contributed by atoms with Gasteiger partial charge in [0, 0.05) is 29.0 Å². The number of nitrogens with zero attached hydrogens (tertiary/aromatic N) is 3. The van der Waals surface area contributed by atoms with Gasteiger partial charge >= 0.3 is 5.97 Å². The maximum Gasteiger partial charge on any atom is 0.335 e. The van der Waals surface area contributed by atoms with Crippen LogP contribution in [0.25, 0.3) is 22.3 Å². The normalized spacial score (nSPS) is 10.6. The van der Waals surface area contributed by atoms with E-state index in [0.29, 0.717) is 17.3 Å². The van der Waals surface area contributed by atoms with Crippen LogP contribution >= 0.6 is 0 Å². The lowest BCUT2D eigenvalue weighted by molar-refractivity contribution is 0.0697. The van der Waals surface area contributed by atoms with Gasteiger partial charge < -0.3 is 10.4 Å². The third kappa shape index (κ3) is 3.08. The number of aromatic carboxylic acids is 1. The third-order valence-corrected chi connectivity index (χ3v) is 3.91. The predicted octanol–water partition coefficient (Wildman–Crippen LogP) is 4.13. The summed E-state index contributed by atoms with van der Waals surface area (Å²) in [5.74, 6) is 0.214. The van der Waals surface area contributed by atoms with E-state index in [9.17, 15) is 9.90 Å². The van der Waals surface area contributed by atoms with Gasteiger partial charge in [0.15, 0.2) is 5.82 Å². The number of anilines is 2. The van der Waals surface area contributed by atoms with E-state index in [1.165, 1.54) is 0 Å². The quantitative estimate of drug-likeness (QED) is 0.580.